The van der Waals surface area contributed by atoms with Gasteiger partial charge < -0.3 is 9.47 Å². The minimum absolute atomic E-state index is 0.0832. The first-order chi connectivity index (χ1) is 12.6. The molecule has 2 aromatic carbocycles. The molecule has 9 heteroatoms. The van der Waals surface area contributed by atoms with Gasteiger partial charge in [-0.1, -0.05) is 41.4 Å². The fourth-order valence-electron chi connectivity index (χ4n) is 2.19. The van der Waals surface area contributed by atoms with Gasteiger partial charge in [0.1, 0.15) is 12.4 Å². The van der Waals surface area contributed by atoms with Crippen LogP contribution in [-0.2, 0) is 6.61 Å². The van der Waals surface area contributed by atoms with Crippen LogP contribution in [0.5, 0.6) is 11.5 Å². The zero-order valence-corrected chi connectivity index (χ0v) is 16.0. The van der Waals surface area contributed by atoms with Crippen LogP contribution < -0.4 is 9.47 Å². The zero-order valence-electron chi connectivity index (χ0n) is 13.6. The molecule has 1 heterocycles. The number of benzene rings is 2. The lowest BCUT2D eigenvalue weighted by Crippen LogP contribution is -2.05. The Morgan fingerprint density at radius 2 is 1.92 bits per heavy atom. The average molecular weight is 409 g/mol. The number of rotatable bonds is 6. The van der Waals surface area contributed by atoms with E-state index in [1.807, 2.05) is 24.3 Å². The number of halogens is 2. The Morgan fingerprint density at radius 1 is 1.19 bits per heavy atom. The van der Waals surface area contributed by atoms with Gasteiger partial charge in [0.15, 0.2) is 11.6 Å². The van der Waals surface area contributed by atoms with Crippen molar-refractivity contribution in [3.05, 3.63) is 68.7 Å². The highest BCUT2D eigenvalue weighted by Gasteiger charge is 2.11. The van der Waals surface area contributed by atoms with Crippen molar-refractivity contribution in [2.24, 2.45) is 5.10 Å². The first-order valence-electron chi connectivity index (χ1n) is 7.50. The molecule has 3 aromatic rings. The lowest BCUT2D eigenvalue weighted by atomic mass is 10.2. The van der Waals surface area contributed by atoms with E-state index in [0.29, 0.717) is 32.1 Å². The SMILES string of the molecule is COc1ccccc1/C=N\n1c(COc2c(Cl)cccc2Cl)n[nH]c1=S. The predicted octanol–water partition coefficient (Wildman–Crippen LogP) is 4.72. The summed E-state index contributed by atoms with van der Waals surface area (Å²) in [7, 11) is 1.60. The number of aromatic amines is 1. The van der Waals surface area contributed by atoms with Gasteiger partial charge in [0.05, 0.1) is 23.4 Å². The molecular formula is C17H14Cl2N4O2S. The van der Waals surface area contributed by atoms with Crippen molar-refractivity contribution in [3.8, 4) is 11.5 Å². The lowest BCUT2D eigenvalue weighted by Gasteiger charge is -2.09. The van der Waals surface area contributed by atoms with Crippen molar-refractivity contribution in [2.45, 2.75) is 6.61 Å². The van der Waals surface area contributed by atoms with Gasteiger partial charge >= 0.3 is 0 Å². The van der Waals surface area contributed by atoms with E-state index in [0.717, 1.165) is 5.56 Å². The second kappa shape index (κ2) is 8.35. The van der Waals surface area contributed by atoms with Crippen LogP contribution in [0.15, 0.2) is 47.6 Å². The minimum Gasteiger partial charge on any atom is -0.496 e. The Labute approximate surface area is 165 Å². The molecule has 1 aromatic heterocycles. The van der Waals surface area contributed by atoms with Gasteiger partial charge in [0.25, 0.3) is 0 Å². The maximum Gasteiger partial charge on any atom is 0.216 e. The van der Waals surface area contributed by atoms with Crippen LogP contribution in [0.25, 0.3) is 0 Å². The second-order valence-electron chi connectivity index (χ2n) is 5.08. The van der Waals surface area contributed by atoms with E-state index >= 15 is 0 Å². The summed E-state index contributed by atoms with van der Waals surface area (Å²) >= 11 is 17.4. The monoisotopic (exact) mass is 408 g/mol. The summed E-state index contributed by atoms with van der Waals surface area (Å²) in [5, 5.41) is 12.0. The largest absolute Gasteiger partial charge is 0.496 e. The van der Waals surface area contributed by atoms with Gasteiger partial charge in [-0.3, -0.25) is 0 Å². The Hall–Kier alpha value is -2.35. The molecule has 0 aliphatic carbocycles. The van der Waals surface area contributed by atoms with Crippen molar-refractivity contribution in [2.75, 3.05) is 7.11 Å². The summed E-state index contributed by atoms with van der Waals surface area (Å²) in [6, 6.07) is 12.6. The number of hydrogen-bond acceptors (Lipinski definition) is 5. The third-order valence-electron chi connectivity index (χ3n) is 3.43. The molecule has 6 nitrogen and oxygen atoms in total. The van der Waals surface area contributed by atoms with Crippen molar-refractivity contribution in [1.82, 2.24) is 14.9 Å². The lowest BCUT2D eigenvalue weighted by molar-refractivity contribution is 0.291. The van der Waals surface area contributed by atoms with Crippen LogP contribution in [0.3, 0.4) is 0 Å². The molecule has 0 bridgehead atoms. The maximum absolute atomic E-state index is 6.11. The molecular weight excluding hydrogens is 395 g/mol. The molecule has 0 saturated carbocycles. The van der Waals surface area contributed by atoms with Crippen molar-refractivity contribution >= 4 is 41.6 Å². The van der Waals surface area contributed by atoms with Gasteiger partial charge in [0.2, 0.25) is 4.77 Å². The summed E-state index contributed by atoms with van der Waals surface area (Å²) in [6.07, 6.45) is 1.64. The van der Waals surface area contributed by atoms with E-state index in [-0.39, 0.29) is 6.61 Å². The number of para-hydroxylation sites is 2. The van der Waals surface area contributed by atoms with Crippen LogP contribution in [0.1, 0.15) is 11.4 Å². The maximum atomic E-state index is 6.11. The number of hydrogen-bond donors (Lipinski definition) is 1. The zero-order chi connectivity index (χ0) is 18.5. The summed E-state index contributed by atoms with van der Waals surface area (Å²) in [5.41, 5.74) is 0.805. The van der Waals surface area contributed by atoms with E-state index in [2.05, 4.69) is 15.3 Å². The standard InChI is InChI=1S/C17H14Cl2N4O2S/c1-24-14-8-3-2-5-11(14)9-20-23-15(21-22-17(23)26)10-25-16-12(18)6-4-7-13(16)19/h2-9H,10H2,1H3,(H,22,26)/b20-9-. The van der Waals surface area contributed by atoms with Crippen molar-refractivity contribution < 1.29 is 9.47 Å². The van der Waals surface area contributed by atoms with Gasteiger partial charge in [-0.05, 0) is 36.5 Å². The average Bonchev–Trinajstić information content (AvgIpc) is 2.99. The number of H-pyrrole nitrogens is 1. The van der Waals surface area contributed by atoms with Gasteiger partial charge in [0, 0.05) is 5.56 Å². The smallest absolute Gasteiger partial charge is 0.216 e. The van der Waals surface area contributed by atoms with Gasteiger partial charge in [-0.15, -0.1) is 0 Å². The molecule has 0 aliphatic rings. The molecule has 134 valence electrons. The molecule has 3 rings (SSSR count). The van der Waals surface area contributed by atoms with E-state index in [9.17, 15) is 0 Å². The van der Waals surface area contributed by atoms with Crippen LogP contribution >= 0.6 is 35.4 Å². The quantitative estimate of drug-likeness (QED) is 0.473. The molecule has 0 amide bonds. The molecule has 0 saturated heterocycles. The van der Waals surface area contributed by atoms with E-state index in [1.54, 1.807) is 31.5 Å². The number of aromatic nitrogens is 3. The highest BCUT2D eigenvalue weighted by Crippen LogP contribution is 2.32. The third kappa shape index (κ3) is 4.07. The van der Waals surface area contributed by atoms with E-state index < -0.39 is 0 Å². The van der Waals surface area contributed by atoms with E-state index in [4.69, 9.17) is 44.9 Å². The molecule has 0 spiro atoms. The molecule has 0 aliphatic heterocycles. The molecule has 1 N–H and O–H groups in total. The van der Waals surface area contributed by atoms with Crippen molar-refractivity contribution in [1.29, 1.82) is 0 Å². The first-order valence-corrected chi connectivity index (χ1v) is 8.67. The predicted molar refractivity (Wildman–Crippen MR) is 104 cm³/mol. The van der Waals surface area contributed by atoms with Crippen molar-refractivity contribution in [3.63, 3.8) is 0 Å². The highest BCUT2D eigenvalue weighted by molar-refractivity contribution is 7.71. The number of nitrogens with zero attached hydrogens (tertiary/aromatic N) is 3. The Balaban J connectivity index is 1.83. The van der Waals surface area contributed by atoms with Crippen LogP contribution in [0.2, 0.25) is 10.0 Å². The summed E-state index contributed by atoms with van der Waals surface area (Å²) in [5.74, 6) is 1.55. The van der Waals surface area contributed by atoms with Gasteiger partial charge in [-0.25, -0.2) is 5.10 Å². The van der Waals surface area contributed by atoms with Gasteiger partial charge in [-0.2, -0.15) is 14.9 Å². The minimum atomic E-state index is 0.0832. The fourth-order valence-corrected chi connectivity index (χ4v) is 2.89. The fraction of sp³-hybridized carbons (Fsp3) is 0.118. The summed E-state index contributed by atoms with van der Waals surface area (Å²) in [6.45, 7) is 0.0832. The molecule has 0 radical (unpaired) electrons. The second-order valence-corrected chi connectivity index (χ2v) is 6.28. The first kappa shape index (κ1) is 18.4. The van der Waals surface area contributed by atoms with Crippen LogP contribution in [0, 0.1) is 4.77 Å². The molecule has 26 heavy (non-hydrogen) atoms. The molecule has 0 unspecified atom stereocenters. The third-order valence-corrected chi connectivity index (χ3v) is 4.29. The van der Waals surface area contributed by atoms with Crippen LogP contribution in [0.4, 0.5) is 0 Å². The summed E-state index contributed by atoms with van der Waals surface area (Å²) < 4.78 is 12.8. The Bertz CT molecular complexity index is 980. The highest BCUT2D eigenvalue weighted by atomic mass is 35.5. The number of ether oxygens (including phenoxy) is 2. The van der Waals surface area contributed by atoms with E-state index in [1.165, 1.54) is 4.68 Å². The van der Waals surface area contributed by atoms with Crippen LogP contribution in [-0.4, -0.2) is 28.2 Å². The molecule has 0 atom stereocenters. The number of methoxy groups -OCH3 is 1. The normalized spacial score (nSPS) is 11.0. The number of nitrogens with one attached hydrogen (secondary N) is 1. The molecule has 0 fully saturated rings. The Kier molecular flexibility index (Phi) is 5.92. The topological polar surface area (TPSA) is 64.4 Å². The Morgan fingerprint density at radius 3 is 2.65 bits per heavy atom. The summed E-state index contributed by atoms with van der Waals surface area (Å²) in [4.78, 5) is 0.